The van der Waals surface area contributed by atoms with Crippen LogP contribution in [0.2, 0.25) is 0 Å². The molecule has 4 rings (SSSR count). The maximum absolute atomic E-state index is 4.59. The average molecular weight is 331 g/mol. The molecule has 2 aromatic heterocycles. The fraction of sp³-hybridized carbons (Fsp3) is 0.647. The minimum atomic E-state index is 0.502. The Bertz CT molecular complexity index is 643. The smallest absolute Gasteiger partial charge is 0.0798 e. The van der Waals surface area contributed by atoms with Crippen molar-refractivity contribution >= 4 is 11.3 Å². The van der Waals surface area contributed by atoms with Crippen molar-refractivity contribution in [2.24, 2.45) is 0 Å². The van der Waals surface area contributed by atoms with E-state index in [0.29, 0.717) is 6.04 Å². The summed E-state index contributed by atoms with van der Waals surface area (Å²) in [6, 6.07) is 2.68. The summed E-state index contributed by atoms with van der Waals surface area (Å²) in [5.74, 6) is 0. The maximum atomic E-state index is 4.59. The van der Waals surface area contributed by atoms with E-state index < -0.39 is 0 Å². The van der Waals surface area contributed by atoms with E-state index in [1.165, 1.54) is 55.2 Å². The van der Waals surface area contributed by atoms with Gasteiger partial charge in [-0.1, -0.05) is 0 Å². The minimum Gasteiger partial charge on any atom is -0.303 e. The zero-order valence-electron chi connectivity index (χ0n) is 13.8. The second kappa shape index (κ2) is 6.71. The number of nitrogens with zero attached hydrogens (tertiary/aromatic N) is 5. The van der Waals surface area contributed by atoms with Crippen molar-refractivity contribution in [1.29, 1.82) is 0 Å². The number of thiazole rings is 1. The van der Waals surface area contributed by atoms with Gasteiger partial charge in [-0.2, -0.15) is 5.10 Å². The van der Waals surface area contributed by atoms with E-state index in [1.54, 1.807) is 11.3 Å². The van der Waals surface area contributed by atoms with Gasteiger partial charge in [0.2, 0.25) is 0 Å². The first kappa shape index (κ1) is 15.3. The summed E-state index contributed by atoms with van der Waals surface area (Å²) in [7, 11) is 0. The predicted octanol–water partition coefficient (Wildman–Crippen LogP) is 2.69. The molecule has 0 bridgehead atoms. The number of hydrogen-bond donors (Lipinski definition) is 0. The van der Waals surface area contributed by atoms with Crippen LogP contribution >= 0.6 is 11.3 Å². The predicted molar refractivity (Wildman–Crippen MR) is 92.5 cm³/mol. The highest BCUT2D eigenvalue weighted by Crippen LogP contribution is 2.26. The molecular weight excluding hydrogens is 306 g/mol. The van der Waals surface area contributed by atoms with Gasteiger partial charge in [-0.25, -0.2) is 4.98 Å². The van der Waals surface area contributed by atoms with Crippen LogP contribution in [0, 0.1) is 6.92 Å². The van der Waals surface area contributed by atoms with E-state index in [1.807, 2.05) is 11.7 Å². The van der Waals surface area contributed by atoms with Crippen LogP contribution in [0.4, 0.5) is 0 Å². The van der Waals surface area contributed by atoms with E-state index in [2.05, 4.69) is 37.6 Å². The summed E-state index contributed by atoms with van der Waals surface area (Å²) in [5, 5.41) is 4.59. The van der Waals surface area contributed by atoms with E-state index in [9.17, 15) is 0 Å². The monoisotopic (exact) mass is 331 g/mol. The molecule has 23 heavy (non-hydrogen) atoms. The molecule has 0 aromatic carbocycles. The first-order valence-electron chi connectivity index (χ1n) is 8.65. The molecule has 124 valence electrons. The summed E-state index contributed by atoms with van der Waals surface area (Å²) >= 11 is 1.78. The van der Waals surface area contributed by atoms with Crippen LogP contribution in [0.25, 0.3) is 0 Å². The van der Waals surface area contributed by atoms with Crippen molar-refractivity contribution in [3.05, 3.63) is 34.0 Å². The molecule has 1 saturated heterocycles. The molecule has 1 atom stereocenters. The highest BCUT2D eigenvalue weighted by Gasteiger charge is 2.26. The van der Waals surface area contributed by atoms with Crippen molar-refractivity contribution in [2.45, 2.75) is 45.3 Å². The van der Waals surface area contributed by atoms with Crippen molar-refractivity contribution in [1.82, 2.24) is 24.6 Å². The number of likely N-dealkylation sites (tertiary alicyclic amines) is 1. The molecule has 2 aliphatic rings. The van der Waals surface area contributed by atoms with Crippen molar-refractivity contribution in [3.8, 4) is 0 Å². The number of fused-ring (bicyclic) bond motifs is 1. The molecule has 5 nitrogen and oxygen atoms in total. The van der Waals surface area contributed by atoms with Crippen molar-refractivity contribution < 1.29 is 0 Å². The van der Waals surface area contributed by atoms with Crippen LogP contribution in [-0.4, -0.2) is 50.7 Å². The van der Waals surface area contributed by atoms with Gasteiger partial charge in [0.25, 0.3) is 0 Å². The fourth-order valence-corrected chi connectivity index (χ4v) is 4.64. The quantitative estimate of drug-likeness (QED) is 0.844. The van der Waals surface area contributed by atoms with E-state index in [0.717, 1.165) is 19.6 Å². The third-order valence-corrected chi connectivity index (χ3v) is 6.06. The molecule has 4 heterocycles. The Hall–Kier alpha value is -1.24. The molecule has 6 heteroatoms. The van der Waals surface area contributed by atoms with E-state index in [4.69, 9.17) is 0 Å². The normalized spacial score (nSPS) is 22.6. The fourth-order valence-electron chi connectivity index (χ4n) is 3.82. The Morgan fingerprint density at radius 2 is 2.13 bits per heavy atom. The first-order valence-corrected chi connectivity index (χ1v) is 9.53. The van der Waals surface area contributed by atoms with E-state index >= 15 is 0 Å². The second-order valence-electron chi connectivity index (χ2n) is 6.79. The van der Waals surface area contributed by atoms with Crippen LogP contribution < -0.4 is 0 Å². The molecule has 0 N–H and O–H groups in total. The standard InChI is InChI=1S/C17H25N5S/c1-14-17(23-13-18-14)12-21-10-15-4-6-19-22(15)16(11-21)5-9-20-7-2-3-8-20/h4,6,13,16H,2-3,5,7-12H2,1H3/t16-/m0/s1. The molecule has 0 aliphatic carbocycles. The average Bonchev–Trinajstić information content (AvgIpc) is 3.28. The van der Waals surface area contributed by atoms with Gasteiger partial charge in [-0.05, 0) is 45.3 Å². The third kappa shape index (κ3) is 3.34. The lowest BCUT2D eigenvalue weighted by molar-refractivity contribution is 0.153. The maximum Gasteiger partial charge on any atom is 0.0798 e. The zero-order valence-corrected chi connectivity index (χ0v) is 14.6. The van der Waals surface area contributed by atoms with Crippen LogP contribution in [0.3, 0.4) is 0 Å². The molecule has 1 fully saturated rings. The second-order valence-corrected chi connectivity index (χ2v) is 7.73. The number of rotatable bonds is 5. The zero-order chi connectivity index (χ0) is 15.6. The number of aryl methyl sites for hydroxylation is 1. The third-order valence-electron chi connectivity index (χ3n) is 5.14. The van der Waals surface area contributed by atoms with Gasteiger partial charge >= 0.3 is 0 Å². The summed E-state index contributed by atoms with van der Waals surface area (Å²) in [6.07, 6.45) is 5.90. The van der Waals surface area contributed by atoms with Crippen LogP contribution in [0.1, 0.15) is 41.6 Å². The van der Waals surface area contributed by atoms with Gasteiger partial charge < -0.3 is 4.90 Å². The van der Waals surface area contributed by atoms with Crippen LogP contribution in [-0.2, 0) is 13.1 Å². The number of hydrogen-bond acceptors (Lipinski definition) is 5. The molecule has 0 amide bonds. The molecule has 0 saturated carbocycles. The molecular formula is C17H25N5S. The van der Waals surface area contributed by atoms with Gasteiger partial charge in [0.05, 0.1) is 22.9 Å². The highest BCUT2D eigenvalue weighted by atomic mass is 32.1. The minimum absolute atomic E-state index is 0.502. The van der Waals surface area contributed by atoms with Gasteiger partial charge in [0.15, 0.2) is 0 Å². The highest BCUT2D eigenvalue weighted by molar-refractivity contribution is 7.09. The van der Waals surface area contributed by atoms with E-state index in [-0.39, 0.29) is 0 Å². The Kier molecular flexibility index (Phi) is 4.46. The lowest BCUT2D eigenvalue weighted by Crippen LogP contribution is -2.38. The SMILES string of the molecule is Cc1ncsc1CN1Cc2ccnn2[C@@H](CCN2CCCC2)C1. The van der Waals surface area contributed by atoms with Gasteiger partial charge in [-0.15, -0.1) is 11.3 Å². The lowest BCUT2D eigenvalue weighted by Gasteiger charge is -2.34. The van der Waals surface area contributed by atoms with Gasteiger partial charge in [0, 0.05) is 37.3 Å². The molecule has 0 spiro atoms. The molecule has 0 radical (unpaired) electrons. The number of aromatic nitrogens is 3. The Balaban J connectivity index is 1.44. The molecule has 0 unspecified atom stereocenters. The summed E-state index contributed by atoms with van der Waals surface area (Å²) in [6.45, 7) is 8.99. The van der Waals surface area contributed by atoms with Crippen LogP contribution in [0.15, 0.2) is 17.8 Å². The van der Waals surface area contributed by atoms with Crippen LogP contribution in [0.5, 0.6) is 0 Å². The first-order chi connectivity index (χ1) is 11.3. The lowest BCUT2D eigenvalue weighted by atomic mass is 10.1. The summed E-state index contributed by atoms with van der Waals surface area (Å²) < 4.78 is 2.27. The van der Waals surface area contributed by atoms with Crippen molar-refractivity contribution in [2.75, 3.05) is 26.2 Å². The largest absolute Gasteiger partial charge is 0.303 e. The van der Waals surface area contributed by atoms with Crippen molar-refractivity contribution in [3.63, 3.8) is 0 Å². The molecule has 2 aliphatic heterocycles. The Labute approximate surface area is 141 Å². The topological polar surface area (TPSA) is 37.2 Å². The summed E-state index contributed by atoms with van der Waals surface area (Å²) in [4.78, 5) is 11.0. The Morgan fingerprint density at radius 3 is 2.91 bits per heavy atom. The van der Waals surface area contributed by atoms with Gasteiger partial charge in [-0.3, -0.25) is 9.58 Å². The summed E-state index contributed by atoms with van der Waals surface area (Å²) in [5.41, 5.74) is 4.50. The molecule has 2 aromatic rings. The Morgan fingerprint density at radius 1 is 1.26 bits per heavy atom. The van der Waals surface area contributed by atoms with Gasteiger partial charge in [0.1, 0.15) is 0 Å².